The minimum atomic E-state index is -3.85. The molecule has 0 bridgehead atoms. The second-order valence-electron chi connectivity index (χ2n) is 5.86. The maximum Gasteiger partial charge on any atom is 0.261 e. The number of carbonyl (C=O) groups excluding carboxylic acids is 1. The third kappa shape index (κ3) is 3.77. The van der Waals surface area contributed by atoms with Crippen LogP contribution >= 0.6 is 11.6 Å². The zero-order chi connectivity index (χ0) is 18.2. The quantitative estimate of drug-likeness (QED) is 0.886. The Morgan fingerprint density at radius 3 is 2.64 bits per heavy atom. The van der Waals surface area contributed by atoms with Crippen LogP contribution in [-0.4, -0.2) is 25.8 Å². The van der Waals surface area contributed by atoms with E-state index in [1.54, 1.807) is 17.0 Å². The molecule has 132 valence electrons. The van der Waals surface area contributed by atoms with Gasteiger partial charge in [0.1, 0.15) is 5.82 Å². The van der Waals surface area contributed by atoms with Gasteiger partial charge in [0.2, 0.25) is 5.91 Å². The topological polar surface area (TPSA) is 66.5 Å². The molecule has 0 radical (unpaired) electrons. The number of fused-ring (bicyclic) bond motifs is 1. The summed E-state index contributed by atoms with van der Waals surface area (Å²) in [6.07, 6.45) is 0.691. The molecule has 2 aromatic carbocycles. The molecule has 1 N–H and O–H groups in total. The number of sulfonamides is 1. The van der Waals surface area contributed by atoms with Gasteiger partial charge in [0.25, 0.3) is 10.0 Å². The lowest BCUT2D eigenvalue weighted by molar-refractivity contribution is -0.129. The number of carbonyl (C=O) groups is 1. The monoisotopic (exact) mass is 382 g/mol. The lowest BCUT2D eigenvalue weighted by Crippen LogP contribution is -2.34. The van der Waals surface area contributed by atoms with Gasteiger partial charge in [0.05, 0.1) is 15.6 Å². The molecule has 0 aromatic heterocycles. The fourth-order valence-corrected chi connectivity index (χ4v) is 4.02. The summed E-state index contributed by atoms with van der Waals surface area (Å²) in [6.45, 7) is 2.50. The molecule has 1 amide bonds. The Labute approximate surface area is 150 Å². The van der Waals surface area contributed by atoms with Crippen LogP contribution < -0.4 is 4.72 Å². The second kappa shape index (κ2) is 6.65. The van der Waals surface area contributed by atoms with Gasteiger partial charge in [0.15, 0.2) is 0 Å². The lowest BCUT2D eigenvalue weighted by Gasteiger charge is -2.28. The Hall–Kier alpha value is -2.12. The maximum absolute atomic E-state index is 13.2. The fourth-order valence-electron chi connectivity index (χ4n) is 2.74. The van der Waals surface area contributed by atoms with Crippen molar-refractivity contribution < 1.29 is 17.6 Å². The summed E-state index contributed by atoms with van der Waals surface area (Å²) in [6, 6.07) is 8.46. The third-order valence-electron chi connectivity index (χ3n) is 4.12. The molecule has 1 heterocycles. The Balaban J connectivity index is 1.89. The first-order chi connectivity index (χ1) is 11.8. The number of anilines is 1. The molecule has 5 nitrogen and oxygen atoms in total. The van der Waals surface area contributed by atoms with Gasteiger partial charge in [-0.25, -0.2) is 12.8 Å². The molecular weight excluding hydrogens is 367 g/mol. The van der Waals surface area contributed by atoms with Crippen molar-refractivity contribution in [3.05, 3.63) is 58.4 Å². The highest BCUT2D eigenvalue weighted by Gasteiger charge is 2.22. The average molecular weight is 383 g/mol. The molecule has 0 atom stereocenters. The minimum absolute atomic E-state index is 0.0435. The van der Waals surface area contributed by atoms with Gasteiger partial charge in [-0.05, 0) is 47.9 Å². The van der Waals surface area contributed by atoms with Crippen molar-refractivity contribution in [2.24, 2.45) is 0 Å². The highest BCUT2D eigenvalue weighted by Crippen LogP contribution is 2.25. The van der Waals surface area contributed by atoms with Gasteiger partial charge in [-0.3, -0.25) is 9.52 Å². The first-order valence-corrected chi connectivity index (χ1v) is 9.47. The second-order valence-corrected chi connectivity index (χ2v) is 7.95. The molecule has 3 rings (SSSR count). The van der Waals surface area contributed by atoms with Crippen molar-refractivity contribution in [1.29, 1.82) is 0 Å². The van der Waals surface area contributed by atoms with Gasteiger partial charge in [-0.1, -0.05) is 17.7 Å². The molecule has 0 aliphatic carbocycles. The van der Waals surface area contributed by atoms with E-state index < -0.39 is 15.8 Å². The van der Waals surface area contributed by atoms with Gasteiger partial charge in [-0.2, -0.15) is 0 Å². The van der Waals surface area contributed by atoms with Crippen molar-refractivity contribution in [1.82, 2.24) is 4.90 Å². The van der Waals surface area contributed by atoms with Gasteiger partial charge in [0, 0.05) is 20.0 Å². The van der Waals surface area contributed by atoms with Gasteiger partial charge >= 0.3 is 0 Å². The maximum atomic E-state index is 13.2. The number of amides is 1. The number of benzene rings is 2. The number of hydrogen-bond acceptors (Lipinski definition) is 3. The van der Waals surface area contributed by atoms with Crippen LogP contribution in [0.2, 0.25) is 5.02 Å². The molecule has 0 saturated heterocycles. The summed E-state index contributed by atoms with van der Waals surface area (Å²) in [4.78, 5) is 13.3. The third-order valence-corrected chi connectivity index (χ3v) is 5.79. The summed E-state index contributed by atoms with van der Waals surface area (Å²) >= 11 is 5.68. The first kappa shape index (κ1) is 17.7. The molecule has 0 fully saturated rings. The summed E-state index contributed by atoms with van der Waals surface area (Å²) < 4.78 is 40.7. The van der Waals surface area contributed by atoms with Crippen molar-refractivity contribution in [3.8, 4) is 0 Å². The largest absolute Gasteiger partial charge is 0.338 e. The van der Waals surface area contributed by atoms with E-state index in [0.29, 0.717) is 19.5 Å². The molecule has 2 aromatic rings. The van der Waals surface area contributed by atoms with Crippen LogP contribution in [0.15, 0.2) is 41.3 Å². The van der Waals surface area contributed by atoms with E-state index in [1.807, 2.05) is 0 Å². The summed E-state index contributed by atoms with van der Waals surface area (Å²) in [7, 11) is -3.85. The predicted molar refractivity (Wildman–Crippen MR) is 93.5 cm³/mol. The van der Waals surface area contributed by atoms with Gasteiger partial charge in [-0.15, -0.1) is 0 Å². The summed E-state index contributed by atoms with van der Waals surface area (Å²) in [5.74, 6) is -0.666. The SMILES string of the molecule is CC(=O)N1CCc2ccc(S(=O)(=O)Nc3ccc(F)c(Cl)c3)cc2C1. The van der Waals surface area contributed by atoms with Crippen molar-refractivity contribution >= 4 is 33.2 Å². The van der Waals surface area contributed by atoms with Crippen LogP contribution in [0.5, 0.6) is 0 Å². The molecule has 25 heavy (non-hydrogen) atoms. The molecule has 0 saturated carbocycles. The highest BCUT2D eigenvalue weighted by molar-refractivity contribution is 7.92. The van der Waals surface area contributed by atoms with E-state index in [0.717, 1.165) is 17.2 Å². The molecule has 0 unspecified atom stereocenters. The summed E-state index contributed by atoms with van der Waals surface area (Å²) in [5, 5.41) is -0.164. The average Bonchev–Trinajstić information content (AvgIpc) is 2.57. The van der Waals surface area contributed by atoms with E-state index in [-0.39, 0.29) is 21.5 Å². The van der Waals surface area contributed by atoms with Crippen LogP contribution in [0.3, 0.4) is 0 Å². The van der Waals surface area contributed by atoms with Crippen molar-refractivity contribution in [2.75, 3.05) is 11.3 Å². The summed E-state index contributed by atoms with van der Waals surface area (Å²) in [5.41, 5.74) is 2.01. The highest BCUT2D eigenvalue weighted by atomic mass is 35.5. The normalized spacial score (nSPS) is 14.1. The predicted octanol–water partition coefficient (Wildman–Crippen LogP) is 3.18. The Kier molecular flexibility index (Phi) is 4.71. The van der Waals surface area contributed by atoms with Crippen LogP contribution in [0.4, 0.5) is 10.1 Å². The van der Waals surface area contributed by atoms with Gasteiger partial charge < -0.3 is 4.90 Å². The number of nitrogens with one attached hydrogen (secondary N) is 1. The van der Waals surface area contributed by atoms with Crippen molar-refractivity contribution in [3.63, 3.8) is 0 Å². The molecule has 8 heteroatoms. The van der Waals surface area contributed by atoms with E-state index >= 15 is 0 Å². The van der Waals surface area contributed by atoms with Crippen LogP contribution in [0, 0.1) is 5.82 Å². The van der Waals surface area contributed by atoms with E-state index in [9.17, 15) is 17.6 Å². The molecular formula is C17H16ClFN2O3S. The van der Waals surface area contributed by atoms with Crippen LogP contribution in [0.1, 0.15) is 18.1 Å². The van der Waals surface area contributed by atoms with Crippen LogP contribution in [0.25, 0.3) is 0 Å². The van der Waals surface area contributed by atoms with E-state index in [4.69, 9.17) is 11.6 Å². The number of halogens is 2. The molecule has 1 aliphatic heterocycles. The fraction of sp³-hybridized carbons (Fsp3) is 0.235. The smallest absolute Gasteiger partial charge is 0.261 e. The first-order valence-electron chi connectivity index (χ1n) is 7.61. The molecule has 1 aliphatic rings. The van der Waals surface area contributed by atoms with Crippen LogP contribution in [-0.2, 0) is 27.8 Å². The van der Waals surface area contributed by atoms with Crippen molar-refractivity contribution in [2.45, 2.75) is 24.8 Å². The number of nitrogens with zero attached hydrogens (tertiary/aromatic N) is 1. The number of rotatable bonds is 3. The zero-order valence-corrected chi connectivity index (χ0v) is 15.0. The lowest BCUT2D eigenvalue weighted by atomic mass is 10.00. The standard InChI is InChI=1S/C17H16ClFN2O3S/c1-11(22)21-7-6-12-2-4-15(8-13(12)10-21)25(23,24)20-14-3-5-17(19)16(18)9-14/h2-5,8-9,20H,6-7,10H2,1H3. The Morgan fingerprint density at radius 2 is 1.96 bits per heavy atom. The van der Waals surface area contributed by atoms with E-state index in [1.165, 1.54) is 25.1 Å². The molecule has 0 spiro atoms. The zero-order valence-electron chi connectivity index (χ0n) is 13.4. The Morgan fingerprint density at radius 1 is 1.20 bits per heavy atom. The van der Waals surface area contributed by atoms with E-state index in [2.05, 4.69) is 4.72 Å². The Bertz CT molecular complexity index is 947. The number of hydrogen-bond donors (Lipinski definition) is 1. The minimum Gasteiger partial charge on any atom is -0.338 e.